The van der Waals surface area contributed by atoms with Crippen LogP contribution < -0.4 is 22.9 Å². The molecule has 2 atom stereocenters. The molecule has 0 aliphatic heterocycles. The Balaban J connectivity index is -0.000000366. The minimum atomic E-state index is -1.05. The molecule has 0 aromatic carbocycles. The molecule has 0 aromatic rings. The summed E-state index contributed by atoms with van der Waals surface area (Å²) < 4.78 is 0. The Hall–Kier alpha value is -2.28. The Bertz CT molecular complexity index is 420. The molecule has 0 heterocycles. The van der Waals surface area contributed by atoms with E-state index >= 15 is 0 Å². The van der Waals surface area contributed by atoms with Crippen molar-refractivity contribution in [2.45, 2.75) is 50.6 Å². The Morgan fingerprint density at radius 3 is 1.38 bits per heavy atom. The van der Waals surface area contributed by atoms with Gasteiger partial charge in [0.1, 0.15) is 12.1 Å². The lowest BCUT2D eigenvalue weighted by Gasteiger charge is -2.04. The van der Waals surface area contributed by atoms with Gasteiger partial charge in [0.25, 0.3) is 0 Å². The summed E-state index contributed by atoms with van der Waals surface area (Å²) >= 11 is 0. The van der Waals surface area contributed by atoms with Gasteiger partial charge in [-0.15, -0.1) is 0 Å². The van der Waals surface area contributed by atoms with Gasteiger partial charge in [0.2, 0.25) is 0 Å². The molecule has 0 fully saturated rings. The van der Waals surface area contributed by atoms with Crippen LogP contribution in [0.25, 0.3) is 0 Å². The Labute approximate surface area is 151 Å². The highest BCUT2D eigenvalue weighted by Gasteiger charge is 2.09. The molecule has 12 heteroatoms. The first-order valence-corrected chi connectivity index (χ1v) is 7.80. The fraction of sp³-hybridized carbons (Fsp3) is 0.714. The first kappa shape index (κ1) is 28.5. The second-order valence-electron chi connectivity index (χ2n) is 5.07. The molecule has 0 amide bonds. The largest absolute Gasteiger partial charge is 0.481 e. The number of unbranched alkanes of at least 4 members (excludes halogenated alkanes) is 3. The van der Waals surface area contributed by atoms with Gasteiger partial charge in [-0.05, 0) is 12.8 Å². The minimum absolute atomic E-state index is 0.00463. The molecule has 0 aliphatic rings. The first-order valence-electron chi connectivity index (χ1n) is 7.80. The van der Waals surface area contributed by atoms with Crippen LogP contribution in [0.4, 0.5) is 0 Å². The molecule has 12 nitrogen and oxygen atoms in total. The Kier molecular flexibility index (Phi) is 20.9. The molecule has 26 heavy (non-hydrogen) atoms. The third-order valence-electron chi connectivity index (χ3n) is 2.72. The smallest absolute Gasteiger partial charge is 0.321 e. The standard InChI is InChI=1S/C9H17NO4.C3H8N2O2.C2H5NO2/c10-7(9(13)14)5-3-1-2-4-6-8(11)12;4-1-2(5)3(6)7;3-1-2(4)5/h7H,1-6,10H2,(H,11,12)(H,13,14);2H,1,4-5H2,(H,6,7);1,3H2,(H,4,5). The lowest BCUT2D eigenvalue weighted by atomic mass is 10.1. The normalized spacial score (nSPS) is 11.7. The van der Waals surface area contributed by atoms with Crippen LogP contribution in [0.3, 0.4) is 0 Å². The number of rotatable bonds is 11. The van der Waals surface area contributed by atoms with E-state index in [1.165, 1.54) is 0 Å². The van der Waals surface area contributed by atoms with E-state index in [-0.39, 0.29) is 19.5 Å². The number of carboxylic acids is 4. The van der Waals surface area contributed by atoms with Crippen LogP contribution in [0.15, 0.2) is 0 Å². The summed E-state index contributed by atoms with van der Waals surface area (Å²) in [4.78, 5) is 39.4. The summed E-state index contributed by atoms with van der Waals surface area (Å²) in [5, 5.41) is 32.4. The summed E-state index contributed by atoms with van der Waals surface area (Å²) in [5.74, 6) is -3.78. The second kappa shape index (κ2) is 19.1. The number of nitrogens with two attached hydrogens (primary N) is 4. The van der Waals surface area contributed by atoms with Crippen molar-refractivity contribution in [3.05, 3.63) is 0 Å². The average molecular weight is 382 g/mol. The van der Waals surface area contributed by atoms with Crippen LogP contribution in [0, 0.1) is 0 Å². The third-order valence-corrected chi connectivity index (χ3v) is 2.72. The van der Waals surface area contributed by atoms with Gasteiger partial charge in [-0.2, -0.15) is 0 Å². The van der Waals surface area contributed by atoms with Crippen LogP contribution >= 0.6 is 0 Å². The Morgan fingerprint density at radius 1 is 0.692 bits per heavy atom. The predicted molar refractivity (Wildman–Crippen MR) is 92.3 cm³/mol. The van der Waals surface area contributed by atoms with Gasteiger partial charge in [0.15, 0.2) is 0 Å². The summed E-state index contributed by atoms with van der Waals surface area (Å²) in [5.41, 5.74) is 19.6. The van der Waals surface area contributed by atoms with Crippen molar-refractivity contribution in [2.75, 3.05) is 13.1 Å². The molecule has 2 unspecified atom stereocenters. The van der Waals surface area contributed by atoms with Gasteiger partial charge in [-0.3, -0.25) is 19.2 Å². The number of aliphatic carboxylic acids is 4. The van der Waals surface area contributed by atoms with Crippen LogP contribution in [0.1, 0.15) is 38.5 Å². The van der Waals surface area contributed by atoms with E-state index < -0.39 is 36.0 Å². The van der Waals surface area contributed by atoms with Crippen molar-refractivity contribution in [3.63, 3.8) is 0 Å². The molecule has 0 saturated carbocycles. The third kappa shape index (κ3) is 26.6. The quantitative estimate of drug-likeness (QED) is 0.184. The summed E-state index contributed by atoms with van der Waals surface area (Å²) in [7, 11) is 0. The van der Waals surface area contributed by atoms with Crippen molar-refractivity contribution >= 4 is 23.9 Å². The molecule has 0 bridgehead atoms. The monoisotopic (exact) mass is 382 g/mol. The van der Waals surface area contributed by atoms with Crippen molar-refractivity contribution in [1.29, 1.82) is 0 Å². The number of carboxylic acid groups (broad SMARTS) is 4. The van der Waals surface area contributed by atoms with E-state index in [0.29, 0.717) is 12.8 Å². The average Bonchev–Trinajstić information content (AvgIpc) is 2.57. The van der Waals surface area contributed by atoms with E-state index in [4.69, 9.17) is 37.6 Å². The maximum absolute atomic E-state index is 10.3. The van der Waals surface area contributed by atoms with Crippen LogP contribution in [-0.2, 0) is 19.2 Å². The summed E-state index contributed by atoms with van der Waals surface area (Å²) in [6.45, 7) is -0.282. The topological polar surface area (TPSA) is 253 Å². The van der Waals surface area contributed by atoms with E-state index in [0.717, 1.165) is 19.3 Å². The van der Waals surface area contributed by atoms with Gasteiger partial charge in [0, 0.05) is 13.0 Å². The van der Waals surface area contributed by atoms with E-state index in [1.54, 1.807) is 0 Å². The van der Waals surface area contributed by atoms with Crippen LogP contribution in [0.5, 0.6) is 0 Å². The molecule has 0 aliphatic carbocycles. The van der Waals surface area contributed by atoms with E-state index in [1.807, 2.05) is 0 Å². The SMILES string of the molecule is NC(CCCCCCC(=O)O)C(=O)O.NCC(=O)O.NCC(N)C(=O)O. The van der Waals surface area contributed by atoms with Gasteiger partial charge >= 0.3 is 23.9 Å². The maximum atomic E-state index is 10.3. The molecule has 154 valence electrons. The van der Waals surface area contributed by atoms with E-state index in [2.05, 4.69) is 5.73 Å². The number of hydrogen-bond acceptors (Lipinski definition) is 8. The highest BCUT2D eigenvalue weighted by Crippen LogP contribution is 2.06. The molecule has 0 rings (SSSR count). The fourth-order valence-corrected chi connectivity index (χ4v) is 1.22. The molecule has 0 spiro atoms. The Morgan fingerprint density at radius 2 is 1.12 bits per heavy atom. The lowest BCUT2D eigenvalue weighted by molar-refractivity contribution is -0.139. The molecule has 0 radical (unpaired) electrons. The summed E-state index contributed by atoms with van der Waals surface area (Å²) in [6, 6.07) is -1.69. The van der Waals surface area contributed by atoms with E-state index in [9.17, 15) is 19.2 Å². The molecular weight excluding hydrogens is 352 g/mol. The van der Waals surface area contributed by atoms with Crippen molar-refractivity contribution in [1.82, 2.24) is 0 Å². The van der Waals surface area contributed by atoms with Gasteiger partial charge < -0.3 is 43.4 Å². The van der Waals surface area contributed by atoms with Gasteiger partial charge in [-0.1, -0.05) is 19.3 Å². The second-order valence-corrected chi connectivity index (χ2v) is 5.07. The van der Waals surface area contributed by atoms with Crippen molar-refractivity contribution in [2.24, 2.45) is 22.9 Å². The fourth-order valence-electron chi connectivity index (χ4n) is 1.22. The predicted octanol–water partition coefficient (Wildman–Crippen LogP) is -1.79. The number of hydrogen-bond donors (Lipinski definition) is 8. The zero-order valence-electron chi connectivity index (χ0n) is 14.5. The summed E-state index contributed by atoms with van der Waals surface area (Å²) in [6.07, 6.45) is 3.70. The van der Waals surface area contributed by atoms with Gasteiger partial charge in [-0.25, -0.2) is 0 Å². The van der Waals surface area contributed by atoms with Crippen molar-refractivity contribution < 1.29 is 39.6 Å². The molecule has 0 aromatic heterocycles. The zero-order chi connectivity index (χ0) is 21.1. The van der Waals surface area contributed by atoms with Crippen LogP contribution in [-0.4, -0.2) is 69.5 Å². The maximum Gasteiger partial charge on any atom is 0.321 e. The minimum Gasteiger partial charge on any atom is -0.481 e. The lowest BCUT2D eigenvalue weighted by Crippen LogP contribution is -2.37. The first-order chi connectivity index (χ1) is 12.0. The highest BCUT2D eigenvalue weighted by atomic mass is 16.4. The highest BCUT2D eigenvalue weighted by molar-refractivity contribution is 5.73. The zero-order valence-corrected chi connectivity index (χ0v) is 14.5. The molecule has 0 saturated heterocycles. The van der Waals surface area contributed by atoms with Gasteiger partial charge in [0.05, 0.1) is 6.54 Å². The molecule has 12 N–H and O–H groups in total. The van der Waals surface area contributed by atoms with Crippen LogP contribution in [0.2, 0.25) is 0 Å². The number of carbonyl (C=O) groups is 4. The molecular formula is C14H30N4O8. The van der Waals surface area contributed by atoms with Crippen molar-refractivity contribution in [3.8, 4) is 0 Å².